The minimum atomic E-state index is -0.518. The SMILES string of the molecule is C[C@@H]1CN(c2ccccc2C#N)CCN1c1nc(-c2ccncc2F)cc(=O)n1C. The van der Waals surface area contributed by atoms with Crippen LogP contribution in [-0.2, 0) is 7.05 Å². The van der Waals surface area contributed by atoms with Crippen molar-refractivity contribution >= 4 is 11.6 Å². The summed E-state index contributed by atoms with van der Waals surface area (Å²) >= 11 is 0. The maximum atomic E-state index is 14.2. The standard InChI is InChI=1S/C22H21FN6O/c1-15-14-28(20-6-4-3-5-16(20)12-24)9-10-29(15)22-26-19(11-21(30)27(22)2)17-7-8-25-13-18(17)23/h3-8,11,13,15H,9-10,14H2,1-2H3/t15-/m1/s1. The van der Waals surface area contributed by atoms with Gasteiger partial charge in [-0.3, -0.25) is 14.3 Å². The van der Waals surface area contributed by atoms with E-state index in [4.69, 9.17) is 0 Å². The Hall–Kier alpha value is -3.73. The first-order valence-corrected chi connectivity index (χ1v) is 9.68. The summed E-state index contributed by atoms with van der Waals surface area (Å²) in [7, 11) is 1.67. The van der Waals surface area contributed by atoms with Crippen LogP contribution in [0.1, 0.15) is 12.5 Å². The number of anilines is 2. The average Bonchev–Trinajstić information content (AvgIpc) is 2.76. The molecule has 1 aromatic carbocycles. The second-order valence-electron chi connectivity index (χ2n) is 7.31. The summed E-state index contributed by atoms with van der Waals surface area (Å²) in [6, 6.07) is 12.7. The van der Waals surface area contributed by atoms with Crippen molar-refractivity contribution in [3.8, 4) is 17.3 Å². The summed E-state index contributed by atoms with van der Waals surface area (Å²) in [5.74, 6) is -0.0235. The fraction of sp³-hybridized carbons (Fsp3) is 0.273. The molecule has 8 heteroatoms. The van der Waals surface area contributed by atoms with Crippen LogP contribution in [-0.4, -0.2) is 40.2 Å². The van der Waals surface area contributed by atoms with E-state index >= 15 is 0 Å². The third-order valence-electron chi connectivity index (χ3n) is 5.41. The van der Waals surface area contributed by atoms with Crippen LogP contribution in [0.4, 0.5) is 16.0 Å². The van der Waals surface area contributed by atoms with Crippen molar-refractivity contribution in [1.82, 2.24) is 14.5 Å². The molecule has 0 unspecified atom stereocenters. The number of hydrogen-bond donors (Lipinski definition) is 0. The molecule has 0 N–H and O–H groups in total. The lowest BCUT2D eigenvalue weighted by atomic mass is 10.1. The molecular weight excluding hydrogens is 383 g/mol. The summed E-state index contributed by atoms with van der Waals surface area (Å²) < 4.78 is 15.7. The first kappa shape index (κ1) is 19.6. The van der Waals surface area contributed by atoms with Crippen LogP contribution in [0.15, 0.2) is 53.6 Å². The first-order valence-electron chi connectivity index (χ1n) is 9.68. The molecule has 1 fully saturated rings. The Morgan fingerprint density at radius 2 is 2.03 bits per heavy atom. The Balaban J connectivity index is 1.66. The molecule has 2 aromatic heterocycles. The Morgan fingerprint density at radius 3 is 2.77 bits per heavy atom. The van der Waals surface area contributed by atoms with Crippen molar-refractivity contribution in [3.63, 3.8) is 0 Å². The lowest BCUT2D eigenvalue weighted by molar-refractivity contribution is 0.529. The van der Waals surface area contributed by atoms with Gasteiger partial charge in [0, 0.05) is 50.6 Å². The Kier molecular flexibility index (Phi) is 5.19. The maximum absolute atomic E-state index is 14.2. The Morgan fingerprint density at radius 1 is 1.23 bits per heavy atom. The van der Waals surface area contributed by atoms with Crippen molar-refractivity contribution in [2.75, 3.05) is 29.4 Å². The molecule has 152 valence electrons. The zero-order valence-corrected chi connectivity index (χ0v) is 16.8. The van der Waals surface area contributed by atoms with E-state index in [9.17, 15) is 14.4 Å². The monoisotopic (exact) mass is 404 g/mol. The highest BCUT2D eigenvalue weighted by Crippen LogP contribution is 2.26. The fourth-order valence-corrected chi connectivity index (χ4v) is 3.82. The molecule has 0 amide bonds. The van der Waals surface area contributed by atoms with Crippen LogP contribution in [0.3, 0.4) is 0 Å². The summed E-state index contributed by atoms with van der Waals surface area (Å²) in [6.07, 6.45) is 2.59. The van der Waals surface area contributed by atoms with E-state index in [0.717, 1.165) is 11.9 Å². The summed E-state index contributed by atoms with van der Waals surface area (Å²) in [5.41, 5.74) is 1.83. The van der Waals surface area contributed by atoms with Crippen molar-refractivity contribution in [1.29, 1.82) is 5.26 Å². The van der Waals surface area contributed by atoms with Crippen LogP contribution in [0.25, 0.3) is 11.3 Å². The number of rotatable bonds is 3. The van der Waals surface area contributed by atoms with Gasteiger partial charge in [-0.25, -0.2) is 9.37 Å². The van der Waals surface area contributed by atoms with Crippen LogP contribution in [0.2, 0.25) is 0 Å². The molecule has 0 saturated carbocycles. The smallest absolute Gasteiger partial charge is 0.255 e. The van der Waals surface area contributed by atoms with Gasteiger partial charge in [0.15, 0.2) is 5.82 Å². The number of para-hydroxylation sites is 1. The number of hydrogen-bond acceptors (Lipinski definition) is 6. The molecule has 1 saturated heterocycles. The van der Waals surface area contributed by atoms with Crippen LogP contribution >= 0.6 is 0 Å². The Bertz CT molecular complexity index is 1180. The number of nitrogens with zero attached hydrogens (tertiary/aromatic N) is 6. The molecule has 0 radical (unpaired) electrons. The number of piperazine rings is 1. The summed E-state index contributed by atoms with van der Waals surface area (Å²) in [6.45, 7) is 4.01. The molecule has 30 heavy (non-hydrogen) atoms. The molecule has 4 rings (SSSR count). The number of halogens is 1. The number of aromatic nitrogens is 3. The van der Waals surface area contributed by atoms with E-state index in [1.807, 2.05) is 31.2 Å². The Labute approximate surface area is 173 Å². The predicted molar refractivity (Wildman–Crippen MR) is 113 cm³/mol. The van der Waals surface area contributed by atoms with Crippen LogP contribution in [0.5, 0.6) is 0 Å². The van der Waals surface area contributed by atoms with Gasteiger partial charge in [0.1, 0.15) is 6.07 Å². The maximum Gasteiger partial charge on any atom is 0.255 e. The topological polar surface area (TPSA) is 78.1 Å². The van der Waals surface area contributed by atoms with E-state index < -0.39 is 5.82 Å². The minimum absolute atomic E-state index is 0.0288. The van der Waals surface area contributed by atoms with Crippen molar-refractivity contribution < 1.29 is 4.39 Å². The van der Waals surface area contributed by atoms with Crippen LogP contribution in [0, 0.1) is 17.1 Å². The van der Waals surface area contributed by atoms with E-state index in [-0.39, 0.29) is 22.9 Å². The van der Waals surface area contributed by atoms with E-state index in [0.29, 0.717) is 31.1 Å². The molecule has 1 aliphatic rings. The van der Waals surface area contributed by atoms with Gasteiger partial charge in [-0.15, -0.1) is 0 Å². The zero-order chi connectivity index (χ0) is 21.3. The summed E-state index contributed by atoms with van der Waals surface area (Å²) in [5, 5.41) is 9.40. The van der Waals surface area contributed by atoms with Gasteiger partial charge in [0.05, 0.1) is 23.1 Å². The third-order valence-corrected chi connectivity index (χ3v) is 5.41. The van der Waals surface area contributed by atoms with E-state index in [1.165, 1.54) is 22.9 Å². The second kappa shape index (κ2) is 7.95. The van der Waals surface area contributed by atoms with Gasteiger partial charge < -0.3 is 9.80 Å². The lowest BCUT2D eigenvalue weighted by Gasteiger charge is -2.42. The van der Waals surface area contributed by atoms with E-state index in [2.05, 4.69) is 25.8 Å². The highest BCUT2D eigenvalue weighted by atomic mass is 19.1. The van der Waals surface area contributed by atoms with Gasteiger partial charge in [-0.1, -0.05) is 12.1 Å². The number of pyridine rings is 1. The molecule has 0 spiro atoms. The van der Waals surface area contributed by atoms with Crippen molar-refractivity contribution in [2.45, 2.75) is 13.0 Å². The molecule has 3 heterocycles. The minimum Gasteiger partial charge on any atom is -0.367 e. The van der Waals surface area contributed by atoms with Gasteiger partial charge in [-0.2, -0.15) is 5.26 Å². The van der Waals surface area contributed by atoms with Gasteiger partial charge >= 0.3 is 0 Å². The zero-order valence-electron chi connectivity index (χ0n) is 16.8. The molecule has 0 aliphatic carbocycles. The first-order chi connectivity index (χ1) is 14.5. The van der Waals surface area contributed by atoms with Crippen molar-refractivity contribution in [2.24, 2.45) is 7.05 Å². The molecule has 1 atom stereocenters. The highest BCUT2D eigenvalue weighted by molar-refractivity contribution is 5.62. The van der Waals surface area contributed by atoms with Gasteiger partial charge in [0.2, 0.25) is 5.95 Å². The van der Waals surface area contributed by atoms with Gasteiger partial charge in [-0.05, 0) is 25.1 Å². The highest BCUT2D eigenvalue weighted by Gasteiger charge is 2.28. The molecule has 1 aliphatic heterocycles. The molecule has 7 nitrogen and oxygen atoms in total. The van der Waals surface area contributed by atoms with E-state index in [1.54, 1.807) is 7.05 Å². The van der Waals surface area contributed by atoms with Gasteiger partial charge in [0.25, 0.3) is 5.56 Å². The van der Waals surface area contributed by atoms with Crippen molar-refractivity contribution in [3.05, 3.63) is 70.5 Å². The predicted octanol–water partition coefficient (Wildman–Crippen LogP) is 2.57. The third kappa shape index (κ3) is 3.50. The number of benzene rings is 1. The fourth-order valence-electron chi connectivity index (χ4n) is 3.82. The number of nitriles is 1. The average molecular weight is 404 g/mol. The largest absolute Gasteiger partial charge is 0.367 e. The van der Waals surface area contributed by atoms with Crippen LogP contribution < -0.4 is 15.4 Å². The molecule has 0 bridgehead atoms. The normalized spacial score (nSPS) is 16.4. The molecular formula is C22H21FN6O. The second-order valence-corrected chi connectivity index (χ2v) is 7.31. The lowest BCUT2D eigenvalue weighted by Crippen LogP contribution is -2.53. The summed E-state index contributed by atoms with van der Waals surface area (Å²) in [4.78, 5) is 25.2. The quantitative estimate of drug-likeness (QED) is 0.668. The molecule has 3 aromatic rings.